The SMILES string of the molecule is Cc1c(OC(C)(C)C(=O)NCCCN)cccc1N1CCC[C@@H](NC=O)C1. The molecule has 0 spiro atoms. The maximum absolute atomic E-state index is 12.4. The Kier molecular flexibility index (Phi) is 7.47. The molecule has 0 unspecified atom stereocenters. The van der Waals surface area contributed by atoms with E-state index in [-0.39, 0.29) is 11.9 Å². The molecule has 7 nitrogen and oxygen atoms in total. The molecule has 1 aromatic rings. The highest BCUT2D eigenvalue weighted by Crippen LogP contribution is 2.32. The van der Waals surface area contributed by atoms with Crippen LogP contribution in [0.5, 0.6) is 5.75 Å². The average Bonchev–Trinajstić information content (AvgIpc) is 2.64. The molecule has 0 aromatic heterocycles. The fourth-order valence-electron chi connectivity index (χ4n) is 3.32. The van der Waals surface area contributed by atoms with Crippen molar-refractivity contribution in [2.75, 3.05) is 31.1 Å². The molecule has 150 valence electrons. The number of nitrogens with one attached hydrogen (secondary N) is 2. The standard InChI is InChI=1S/C20H32N4O3/c1-15-17(24-12-5-7-16(13-24)23-14-25)8-4-9-18(15)27-20(2,3)19(26)22-11-6-10-21/h4,8-9,14,16H,5-7,10-13,21H2,1-3H3,(H,22,26)(H,23,25)/t16-/m1/s1. The summed E-state index contributed by atoms with van der Waals surface area (Å²) in [4.78, 5) is 25.5. The van der Waals surface area contributed by atoms with Crippen LogP contribution in [0, 0.1) is 6.92 Å². The quantitative estimate of drug-likeness (QED) is 0.446. The van der Waals surface area contributed by atoms with Gasteiger partial charge in [-0.2, -0.15) is 0 Å². The highest BCUT2D eigenvalue weighted by atomic mass is 16.5. The maximum atomic E-state index is 12.4. The van der Waals surface area contributed by atoms with Gasteiger partial charge in [-0.25, -0.2) is 0 Å². The summed E-state index contributed by atoms with van der Waals surface area (Å²) in [5, 5.41) is 5.75. The van der Waals surface area contributed by atoms with Gasteiger partial charge in [0.15, 0.2) is 5.60 Å². The molecule has 1 fully saturated rings. The van der Waals surface area contributed by atoms with Crippen LogP contribution in [0.1, 0.15) is 38.7 Å². The first-order valence-corrected chi connectivity index (χ1v) is 9.60. The van der Waals surface area contributed by atoms with Crippen molar-refractivity contribution < 1.29 is 14.3 Å². The van der Waals surface area contributed by atoms with Crippen molar-refractivity contribution in [3.8, 4) is 5.75 Å². The first-order valence-electron chi connectivity index (χ1n) is 9.60. The Labute approximate surface area is 161 Å². The normalized spacial score (nSPS) is 17.3. The van der Waals surface area contributed by atoms with Crippen molar-refractivity contribution in [2.24, 2.45) is 5.73 Å². The highest BCUT2D eigenvalue weighted by molar-refractivity contribution is 5.84. The number of rotatable bonds is 9. The van der Waals surface area contributed by atoms with Gasteiger partial charge < -0.3 is 26.0 Å². The molecule has 4 N–H and O–H groups in total. The van der Waals surface area contributed by atoms with Gasteiger partial charge in [-0.05, 0) is 58.7 Å². The van der Waals surface area contributed by atoms with Crippen LogP contribution in [-0.2, 0) is 9.59 Å². The zero-order valence-electron chi connectivity index (χ0n) is 16.6. The summed E-state index contributed by atoms with van der Waals surface area (Å²) in [6.07, 6.45) is 3.51. The second-order valence-electron chi connectivity index (χ2n) is 7.48. The molecular formula is C20H32N4O3. The minimum absolute atomic E-state index is 0.157. The summed E-state index contributed by atoms with van der Waals surface area (Å²) in [5.41, 5.74) is 6.55. The summed E-state index contributed by atoms with van der Waals surface area (Å²) in [7, 11) is 0. The number of amides is 2. The van der Waals surface area contributed by atoms with Gasteiger partial charge in [0.25, 0.3) is 5.91 Å². The lowest BCUT2D eigenvalue weighted by molar-refractivity contribution is -0.134. The second kappa shape index (κ2) is 9.60. The summed E-state index contributed by atoms with van der Waals surface area (Å²) in [6, 6.07) is 6.04. The number of benzene rings is 1. The number of anilines is 1. The lowest BCUT2D eigenvalue weighted by atomic mass is 10.0. The molecule has 1 aliphatic rings. The number of hydrogen-bond donors (Lipinski definition) is 3. The zero-order chi connectivity index (χ0) is 19.9. The molecule has 27 heavy (non-hydrogen) atoms. The van der Waals surface area contributed by atoms with Gasteiger partial charge in [-0.1, -0.05) is 6.07 Å². The molecule has 2 amide bonds. The lowest BCUT2D eigenvalue weighted by Gasteiger charge is -2.35. The molecule has 1 saturated heterocycles. The average molecular weight is 377 g/mol. The molecule has 7 heteroatoms. The van der Waals surface area contributed by atoms with Gasteiger partial charge in [-0.15, -0.1) is 0 Å². The van der Waals surface area contributed by atoms with Crippen LogP contribution in [0.4, 0.5) is 5.69 Å². The number of ether oxygens (including phenoxy) is 1. The Morgan fingerprint density at radius 2 is 2.22 bits per heavy atom. The summed E-state index contributed by atoms with van der Waals surface area (Å²) in [6.45, 7) is 8.32. The molecule has 1 heterocycles. The summed E-state index contributed by atoms with van der Waals surface area (Å²) < 4.78 is 6.09. The Bertz CT molecular complexity index is 648. The zero-order valence-corrected chi connectivity index (χ0v) is 16.6. The Hall–Kier alpha value is -2.28. The van der Waals surface area contributed by atoms with Gasteiger partial charge in [0, 0.05) is 36.9 Å². The van der Waals surface area contributed by atoms with E-state index >= 15 is 0 Å². The molecule has 0 radical (unpaired) electrons. The fourth-order valence-corrected chi connectivity index (χ4v) is 3.32. The smallest absolute Gasteiger partial charge is 0.263 e. The third-order valence-corrected chi connectivity index (χ3v) is 4.90. The van der Waals surface area contributed by atoms with E-state index in [4.69, 9.17) is 10.5 Å². The third-order valence-electron chi connectivity index (χ3n) is 4.90. The maximum Gasteiger partial charge on any atom is 0.263 e. The molecule has 0 bridgehead atoms. The first-order chi connectivity index (χ1) is 12.9. The van der Waals surface area contributed by atoms with Crippen LogP contribution in [0.2, 0.25) is 0 Å². The van der Waals surface area contributed by atoms with Crippen molar-refractivity contribution >= 4 is 18.0 Å². The summed E-state index contributed by atoms with van der Waals surface area (Å²) >= 11 is 0. The number of carbonyl (C=O) groups is 2. The number of hydrogen-bond acceptors (Lipinski definition) is 5. The third kappa shape index (κ3) is 5.60. The monoisotopic (exact) mass is 376 g/mol. The Balaban J connectivity index is 2.11. The van der Waals surface area contributed by atoms with E-state index < -0.39 is 5.60 Å². The van der Waals surface area contributed by atoms with E-state index in [1.807, 2.05) is 19.1 Å². The van der Waals surface area contributed by atoms with E-state index in [2.05, 4.69) is 21.6 Å². The summed E-state index contributed by atoms with van der Waals surface area (Å²) in [5.74, 6) is 0.533. The Morgan fingerprint density at radius 3 is 2.93 bits per heavy atom. The molecule has 0 aliphatic carbocycles. The number of nitrogens with zero attached hydrogens (tertiary/aromatic N) is 1. The predicted octanol–water partition coefficient (Wildman–Crippen LogP) is 1.33. The van der Waals surface area contributed by atoms with Gasteiger partial charge >= 0.3 is 0 Å². The van der Waals surface area contributed by atoms with Crippen molar-refractivity contribution in [2.45, 2.75) is 51.7 Å². The molecule has 1 atom stereocenters. The van der Waals surface area contributed by atoms with Crippen molar-refractivity contribution in [1.82, 2.24) is 10.6 Å². The van der Waals surface area contributed by atoms with Gasteiger partial charge in [0.1, 0.15) is 5.75 Å². The van der Waals surface area contributed by atoms with Crippen molar-refractivity contribution in [1.29, 1.82) is 0 Å². The molecular weight excluding hydrogens is 344 g/mol. The highest BCUT2D eigenvalue weighted by Gasteiger charge is 2.31. The van der Waals surface area contributed by atoms with Crippen molar-refractivity contribution in [3.05, 3.63) is 23.8 Å². The van der Waals surface area contributed by atoms with Crippen LogP contribution in [0.3, 0.4) is 0 Å². The number of carbonyl (C=O) groups excluding carboxylic acids is 2. The lowest BCUT2D eigenvalue weighted by Crippen LogP contribution is -2.47. The largest absolute Gasteiger partial charge is 0.478 e. The minimum Gasteiger partial charge on any atom is -0.478 e. The predicted molar refractivity (Wildman–Crippen MR) is 107 cm³/mol. The van der Waals surface area contributed by atoms with Crippen LogP contribution >= 0.6 is 0 Å². The first kappa shape index (κ1) is 21.0. The van der Waals surface area contributed by atoms with Gasteiger partial charge in [0.2, 0.25) is 6.41 Å². The number of nitrogens with two attached hydrogens (primary N) is 1. The van der Waals surface area contributed by atoms with E-state index in [0.717, 1.165) is 50.0 Å². The second-order valence-corrected chi connectivity index (χ2v) is 7.48. The minimum atomic E-state index is -0.985. The van der Waals surface area contributed by atoms with E-state index in [9.17, 15) is 9.59 Å². The van der Waals surface area contributed by atoms with Crippen LogP contribution in [-0.4, -0.2) is 50.1 Å². The molecule has 1 aromatic carbocycles. The van der Waals surface area contributed by atoms with Gasteiger partial charge in [0.05, 0.1) is 0 Å². The van der Waals surface area contributed by atoms with Crippen LogP contribution in [0.15, 0.2) is 18.2 Å². The fraction of sp³-hybridized carbons (Fsp3) is 0.600. The molecule has 0 saturated carbocycles. The molecule has 1 aliphatic heterocycles. The topological polar surface area (TPSA) is 96.7 Å². The Morgan fingerprint density at radius 1 is 1.44 bits per heavy atom. The molecule has 2 rings (SSSR count). The van der Waals surface area contributed by atoms with E-state index in [1.54, 1.807) is 13.8 Å². The van der Waals surface area contributed by atoms with Crippen LogP contribution in [0.25, 0.3) is 0 Å². The van der Waals surface area contributed by atoms with Crippen LogP contribution < -0.4 is 26.0 Å². The van der Waals surface area contributed by atoms with Crippen molar-refractivity contribution in [3.63, 3.8) is 0 Å². The van der Waals surface area contributed by atoms with E-state index in [0.29, 0.717) is 18.8 Å². The van der Waals surface area contributed by atoms with Gasteiger partial charge in [-0.3, -0.25) is 9.59 Å². The van der Waals surface area contributed by atoms with E-state index in [1.165, 1.54) is 0 Å². The number of piperidine rings is 1.